The van der Waals surface area contributed by atoms with Crippen LogP contribution in [0.5, 0.6) is 0 Å². The highest BCUT2D eigenvalue weighted by Gasteiger charge is 2.28. The summed E-state index contributed by atoms with van der Waals surface area (Å²) in [5.74, 6) is -1.69. The zero-order valence-corrected chi connectivity index (χ0v) is 14.4. The van der Waals surface area contributed by atoms with Crippen molar-refractivity contribution >= 4 is 5.91 Å². The monoisotopic (exact) mass is 352 g/mol. The van der Waals surface area contributed by atoms with E-state index in [1.54, 1.807) is 6.07 Å². The third kappa shape index (κ3) is 4.98. The van der Waals surface area contributed by atoms with Gasteiger partial charge in [-0.2, -0.15) is 0 Å². The number of hydrogen-bond acceptors (Lipinski definition) is 3. The lowest BCUT2D eigenvalue weighted by molar-refractivity contribution is -0.123. The summed E-state index contributed by atoms with van der Waals surface area (Å²) >= 11 is 0. The number of nitrogens with one attached hydrogen (secondary N) is 2. The average molecular weight is 352 g/mol. The second kappa shape index (κ2) is 8.72. The van der Waals surface area contributed by atoms with Crippen LogP contribution in [-0.2, 0) is 9.53 Å². The minimum atomic E-state index is -0.842. The van der Waals surface area contributed by atoms with Crippen LogP contribution in [0.2, 0.25) is 0 Å². The Hall–Kier alpha value is -1.53. The highest BCUT2D eigenvalue weighted by Crippen LogP contribution is 2.27. The van der Waals surface area contributed by atoms with Gasteiger partial charge in [0.25, 0.3) is 0 Å². The van der Waals surface area contributed by atoms with E-state index in [4.69, 9.17) is 4.74 Å². The van der Waals surface area contributed by atoms with Gasteiger partial charge in [0.1, 0.15) is 0 Å². The van der Waals surface area contributed by atoms with Crippen molar-refractivity contribution in [3.05, 3.63) is 35.4 Å². The van der Waals surface area contributed by atoms with E-state index < -0.39 is 11.6 Å². The molecule has 4 nitrogen and oxygen atoms in total. The van der Waals surface area contributed by atoms with Gasteiger partial charge in [-0.05, 0) is 56.3 Å². The minimum absolute atomic E-state index is 0.00421. The largest absolute Gasteiger partial charge is 0.378 e. The lowest BCUT2D eigenvalue weighted by Crippen LogP contribution is -2.50. The molecule has 2 saturated heterocycles. The molecule has 25 heavy (non-hydrogen) atoms. The molecule has 2 fully saturated rings. The molecular formula is C19H26F2N2O2. The Balaban J connectivity index is 1.56. The molecule has 1 aromatic rings. The first-order valence-corrected chi connectivity index (χ1v) is 9.20. The number of hydrogen-bond donors (Lipinski definition) is 2. The van der Waals surface area contributed by atoms with Crippen molar-refractivity contribution < 1.29 is 18.3 Å². The maximum Gasteiger partial charge on any atom is 0.220 e. The second-order valence-corrected chi connectivity index (χ2v) is 6.97. The molecule has 1 aromatic carbocycles. The van der Waals surface area contributed by atoms with Crippen molar-refractivity contribution in [1.82, 2.24) is 10.6 Å². The van der Waals surface area contributed by atoms with Gasteiger partial charge in [-0.3, -0.25) is 4.79 Å². The van der Waals surface area contributed by atoms with Gasteiger partial charge >= 0.3 is 0 Å². The number of piperidine rings is 1. The maximum absolute atomic E-state index is 13.6. The molecule has 0 bridgehead atoms. The molecule has 2 heterocycles. The van der Waals surface area contributed by atoms with Crippen molar-refractivity contribution in [2.75, 3.05) is 19.7 Å². The van der Waals surface area contributed by atoms with Crippen LogP contribution in [0, 0.1) is 11.6 Å². The Morgan fingerprint density at radius 1 is 1.24 bits per heavy atom. The van der Waals surface area contributed by atoms with Crippen molar-refractivity contribution in [3.8, 4) is 0 Å². The molecule has 0 aliphatic carbocycles. The van der Waals surface area contributed by atoms with Crippen LogP contribution >= 0.6 is 0 Å². The minimum Gasteiger partial charge on any atom is -0.378 e. The van der Waals surface area contributed by atoms with Gasteiger partial charge in [0.05, 0.1) is 6.10 Å². The van der Waals surface area contributed by atoms with Gasteiger partial charge in [-0.1, -0.05) is 6.07 Å². The Morgan fingerprint density at radius 2 is 2.12 bits per heavy atom. The SMILES string of the molecule is O=C(CCC1CCCCO1)NC1CNCCC1c1ccc(F)c(F)c1. The molecule has 2 N–H and O–H groups in total. The zero-order chi connectivity index (χ0) is 17.6. The predicted molar refractivity (Wildman–Crippen MR) is 91.3 cm³/mol. The lowest BCUT2D eigenvalue weighted by atomic mass is 9.86. The van der Waals surface area contributed by atoms with E-state index in [9.17, 15) is 13.6 Å². The third-order valence-corrected chi connectivity index (χ3v) is 5.17. The number of halogens is 2. The van der Waals surface area contributed by atoms with Gasteiger partial charge in [0.15, 0.2) is 11.6 Å². The highest BCUT2D eigenvalue weighted by molar-refractivity contribution is 5.76. The number of rotatable bonds is 5. The maximum atomic E-state index is 13.6. The summed E-state index contributed by atoms with van der Waals surface area (Å²) in [6, 6.07) is 3.91. The summed E-state index contributed by atoms with van der Waals surface area (Å²) in [5.41, 5.74) is 0.737. The Kier molecular flexibility index (Phi) is 6.37. The molecule has 6 heteroatoms. The zero-order valence-electron chi connectivity index (χ0n) is 14.4. The molecule has 2 aliphatic rings. The van der Waals surface area contributed by atoms with E-state index in [1.807, 2.05) is 0 Å². The smallest absolute Gasteiger partial charge is 0.220 e. The Labute approximate surface area is 147 Å². The first kappa shape index (κ1) is 18.3. The summed E-state index contributed by atoms with van der Waals surface area (Å²) in [5, 5.41) is 6.33. The van der Waals surface area contributed by atoms with Crippen LogP contribution in [0.25, 0.3) is 0 Å². The normalized spacial score (nSPS) is 27.0. The van der Waals surface area contributed by atoms with Crippen LogP contribution in [0.3, 0.4) is 0 Å². The van der Waals surface area contributed by atoms with E-state index >= 15 is 0 Å². The Bertz CT molecular complexity index is 591. The van der Waals surface area contributed by atoms with Crippen molar-refractivity contribution in [2.45, 2.75) is 56.6 Å². The van der Waals surface area contributed by atoms with Gasteiger partial charge in [-0.25, -0.2) is 8.78 Å². The first-order valence-electron chi connectivity index (χ1n) is 9.20. The number of amides is 1. The van der Waals surface area contributed by atoms with Crippen molar-refractivity contribution in [1.29, 1.82) is 0 Å². The number of benzene rings is 1. The number of carbonyl (C=O) groups is 1. The fourth-order valence-electron chi connectivity index (χ4n) is 3.76. The topological polar surface area (TPSA) is 50.4 Å². The Morgan fingerprint density at radius 3 is 2.88 bits per heavy atom. The van der Waals surface area contributed by atoms with Gasteiger partial charge in [-0.15, -0.1) is 0 Å². The van der Waals surface area contributed by atoms with E-state index in [-0.39, 0.29) is 24.0 Å². The third-order valence-electron chi connectivity index (χ3n) is 5.17. The van der Waals surface area contributed by atoms with E-state index in [0.29, 0.717) is 13.0 Å². The quantitative estimate of drug-likeness (QED) is 0.857. The van der Waals surface area contributed by atoms with Crippen LogP contribution in [0.4, 0.5) is 8.78 Å². The average Bonchev–Trinajstić information content (AvgIpc) is 2.64. The molecule has 0 saturated carbocycles. The number of carbonyl (C=O) groups excluding carboxylic acids is 1. The van der Waals surface area contributed by atoms with Gasteiger partial charge in [0.2, 0.25) is 5.91 Å². The van der Waals surface area contributed by atoms with E-state index in [1.165, 1.54) is 6.07 Å². The molecular weight excluding hydrogens is 326 g/mol. The molecule has 3 unspecified atom stereocenters. The standard InChI is InChI=1S/C19H26F2N2O2/c20-16-6-4-13(11-17(16)21)15-8-9-22-12-18(15)23-19(24)7-5-14-3-1-2-10-25-14/h4,6,11,14-15,18,22H,1-3,5,7-10,12H2,(H,23,24). The van der Waals surface area contributed by atoms with Gasteiger partial charge < -0.3 is 15.4 Å². The predicted octanol–water partition coefficient (Wildman–Crippen LogP) is 2.88. The van der Waals surface area contributed by atoms with E-state index in [2.05, 4.69) is 10.6 Å². The molecule has 0 spiro atoms. The molecule has 138 valence electrons. The first-order chi connectivity index (χ1) is 12.1. The molecule has 0 aromatic heterocycles. The van der Waals surface area contributed by atoms with Crippen molar-refractivity contribution in [3.63, 3.8) is 0 Å². The molecule has 0 radical (unpaired) electrons. The molecule has 2 aliphatic heterocycles. The van der Waals surface area contributed by atoms with Crippen LogP contribution in [0.15, 0.2) is 18.2 Å². The highest BCUT2D eigenvalue weighted by atomic mass is 19.2. The summed E-state index contributed by atoms with van der Waals surface area (Å²) in [7, 11) is 0. The van der Waals surface area contributed by atoms with Crippen LogP contribution in [0.1, 0.15) is 50.0 Å². The van der Waals surface area contributed by atoms with Crippen LogP contribution in [-0.4, -0.2) is 37.7 Å². The van der Waals surface area contributed by atoms with Gasteiger partial charge in [0, 0.05) is 31.5 Å². The summed E-state index contributed by atoms with van der Waals surface area (Å²) in [6.07, 6.45) is 5.43. The summed E-state index contributed by atoms with van der Waals surface area (Å²) < 4.78 is 32.4. The second-order valence-electron chi connectivity index (χ2n) is 6.97. The number of ether oxygens (including phenoxy) is 1. The molecule has 3 atom stereocenters. The van der Waals surface area contributed by atoms with Crippen LogP contribution < -0.4 is 10.6 Å². The molecule has 1 amide bonds. The fourth-order valence-corrected chi connectivity index (χ4v) is 3.76. The lowest BCUT2D eigenvalue weighted by Gasteiger charge is -2.33. The summed E-state index contributed by atoms with van der Waals surface area (Å²) in [4.78, 5) is 12.3. The molecule has 3 rings (SSSR count). The fraction of sp³-hybridized carbons (Fsp3) is 0.632. The van der Waals surface area contributed by atoms with E-state index in [0.717, 1.165) is 56.9 Å². The summed E-state index contributed by atoms with van der Waals surface area (Å²) in [6.45, 7) is 2.22. The van der Waals surface area contributed by atoms with Crippen molar-refractivity contribution in [2.24, 2.45) is 0 Å².